The van der Waals surface area contributed by atoms with Gasteiger partial charge in [-0.15, -0.1) is 0 Å². The molecule has 0 bridgehead atoms. The van der Waals surface area contributed by atoms with Crippen molar-refractivity contribution in [3.05, 3.63) is 23.8 Å². The van der Waals surface area contributed by atoms with Crippen molar-refractivity contribution in [2.45, 2.75) is 6.92 Å². The fourth-order valence-corrected chi connectivity index (χ4v) is 1.35. The molecule has 1 radical (unpaired) electrons. The van der Waals surface area contributed by atoms with Crippen LogP contribution in [0.2, 0.25) is 0 Å². The van der Waals surface area contributed by atoms with Gasteiger partial charge in [0.2, 0.25) is 0 Å². The molecule has 1 aromatic rings. The molecule has 3 heteroatoms. The highest BCUT2D eigenvalue weighted by molar-refractivity contribution is 7.27. The third kappa shape index (κ3) is 0.850. The quantitative estimate of drug-likeness (QED) is 0.533. The molecule has 0 aromatic heterocycles. The lowest BCUT2D eigenvalue weighted by Crippen LogP contribution is -1.72. The highest BCUT2D eigenvalue weighted by atomic mass is 31.1. The van der Waals surface area contributed by atoms with Gasteiger partial charge in [0.05, 0.1) is 0 Å². The van der Waals surface area contributed by atoms with Gasteiger partial charge >= 0.3 is 9.03 Å². The fraction of sp³-hybridized carbons (Fsp3) is 0.143. The summed E-state index contributed by atoms with van der Waals surface area (Å²) in [6.07, 6.45) is 0. The van der Waals surface area contributed by atoms with E-state index >= 15 is 0 Å². The molecule has 0 amide bonds. The summed E-state index contributed by atoms with van der Waals surface area (Å²) in [5, 5.41) is 0. The summed E-state index contributed by atoms with van der Waals surface area (Å²) in [6.45, 7) is 2.03. The van der Waals surface area contributed by atoms with E-state index in [1.807, 2.05) is 25.1 Å². The van der Waals surface area contributed by atoms with Crippen LogP contribution in [0.1, 0.15) is 5.56 Å². The molecule has 1 aromatic carbocycles. The fourth-order valence-electron chi connectivity index (χ4n) is 0.861. The molecule has 2 nitrogen and oxygen atoms in total. The number of fused-ring (bicyclic) bond motifs is 1. The van der Waals surface area contributed by atoms with Crippen molar-refractivity contribution in [2.24, 2.45) is 0 Å². The van der Waals surface area contributed by atoms with Crippen LogP contribution in [0.3, 0.4) is 0 Å². The third-order valence-corrected chi connectivity index (χ3v) is 1.91. The topological polar surface area (TPSA) is 18.5 Å². The van der Waals surface area contributed by atoms with Crippen LogP contribution in [0.4, 0.5) is 0 Å². The monoisotopic (exact) mass is 153 g/mol. The van der Waals surface area contributed by atoms with Gasteiger partial charge in [-0.1, -0.05) is 6.07 Å². The van der Waals surface area contributed by atoms with Gasteiger partial charge in [-0.05, 0) is 24.6 Å². The van der Waals surface area contributed by atoms with Gasteiger partial charge in [-0.2, -0.15) is 0 Å². The maximum atomic E-state index is 5.13. The molecule has 0 spiro atoms. The van der Waals surface area contributed by atoms with E-state index in [2.05, 4.69) is 0 Å². The van der Waals surface area contributed by atoms with E-state index in [4.69, 9.17) is 9.05 Å². The van der Waals surface area contributed by atoms with Crippen molar-refractivity contribution in [2.75, 3.05) is 0 Å². The Morgan fingerprint density at radius 1 is 1.20 bits per heavy atom. The summed E-state index contributed by atoms with van der Waals surface area (Å²) in [6, 6.07) is 5.89. The minimum absolute atomic E-state index is 0.577. The highest BCUT2D eigenvalue weighted by Gasteiger charge is 2.14. The molecule has 0 atom stereocenters. The molecule has 1 aliphatic heterocycles. The predicted octanol–water partition coefficient (Wildman–Crippen LogP) is 2.54. The first-order chi connectivity index (χ1) is 4.86. The molecule has 2 rings (SSSR count). The van der Waals surface area contributed by atoms with Crippen LogP contribution >= 0.6 is 9.03 Å². The molecular weight excluding hydrogens is 147 g/mol. The van der Waals surface area contributed by atoms with Crippen molar-refractivity contribution in [1.29, 1.82) is 0 Å². The molecule has 1 heterocycles. The molecule has 0 fully saturated rings. The lowest BCUT2D eigenvalue weighted by Gasteiger charge is -1.94. The largest absolute Gasteiger partial charge is 0.427 e. The normalized spacial score (nSPS) is 16.1. The minimum Gasteiger partial charge on any atom is -0.427 e. The van der Waals surface area contributed by atoms with Crippen LogP contribution in [-0.4, -0.2) is 0 Å². The van der Waals surface area contributed by atoms with E-state index in [-0.39, 0.29) is 0 Å². The standard InChI is InChI=1S/C7H6O2P/c1-5-2-3-6-7(4-5)9-10-8-6/h2-4H,1H3. The third-order valence-electron chi connectivity index (χ3n) is 1.37. The van der Waals surface area contributed by atoms with Gasteiger partial charge in [0.25, 0.3) is 0 Å². The number of rotatable bonds is 0. The smallest absolute Gasteiger partial charge is 0.405 e. The van der Waals surface area contributed by atoms with E-state index in [9.17, 15) is 0 Å². The Morgan fingerprint density at radius 2 is 2.00 bits per heavy atom. The highest BCUT2D eigenvalue weighted by Crippen LogP contribution is 2.41. The summed E-state index contributed by atoms with van der Waals surface area (Å²) < 4.78 is 10.2. The van der Waals surface area contributed by atoms with E-state index in [1.165, 1.54) is 5.56 Å². The Morgan fingerprint density at radius 3 is 2.90 bits per heavy atom. The Bertz CT molecular complexity index is 260. The number of hydrogen-bond donors (Lipinski definition) is 0. The lowest BCUT2D eigenvalue weighted by atomic mass is 10.2. The SMILES string of the molecule is Cc1ccc2c(c1)O[P]O2. The molecular formula is C7H6O2P. The van der Waals surface area contributed by atoms with Gasteiger partial charge in [-0.25, -0.2) is 0 Å². The zero-order valence-corrected chi connectivity index (χ0v) is 6.39. The van der Waals surface area contributed by atoms with Crippen LogP contribution in [0.15, 0.2) is 18.2 Å². The number of aryl methyl sites for hydroxylation is 1. The van der Waals surface area contributed by atoms with E-state index in [1.54, 1.807) is 0 Å². The summed E-state index contributed by atoms with van der Waals surface area (Å²) >= 11 is 0. The number of benzene rings is 1. The van der Waals surface area contributed by atoms with Crippen molar-refractivity contribution < 1.29 is 9.05 Å². The van der Waals surface area contributed by atoms with E-state index < -0.39 is 0 Å². The van der Waals surface area contributed by atoms with Gasteiger partial charge < -0.3 is 9.05 Å². The van der Waals surface area contributed by atoms with Crippen LogP contribution in [-0.2, 0) is 0 Å². The van der Waals surface area contributed by atoms with Gasteiger partial charge in [0.1, 0.15) is 0 Å². The van der Waals surface area contributed by atoms with Crippen LogP contribution in [0.5, 0.6) is 11.5 Å². The van der Waals surface area contributed by atoms with Crippen molar-refractivity contribution in [1.82, 2.24) is 0 Å². The summed E-state index contributed by atoms with van der Waals surface area (Å²) in [7, 11) is 0.577. The maximum absolute atomic E-state index is 5.13. The second-order valence-corrected chi connectivity index (χ2v) is 2.72. The molecule has 0 N–H and O–H groups in total. The summed E-state index contributed by atoms with van der Waals surface area (Å²) in [5.74, 6) is 1.69. The van der Waals surface area contributed by atoms with Crippen molar-refractivity contribution in [3.8, 4) is 11.5 Å². The second kappa shape index (κ2) is 2.14. The van der Waals surface area contributed by atoms with E-state index in [0.29, 0.717) is 9.03 Å². The van der Waals surface area contributed by atoms with E-state index in [0.717, 1.165) is 11.5 Å². The number of hydrogen-bond acceptors (Lipinski definition) is 2. The molecule has 10 heavy (non-hydrogen) atoms. The van der Waals surface area contributed by atoms with Crippen LogP contribution in [0.25, 0.3) is 0 Å². The van der Waals surface area contributed by atoms with Crippen LogP contribution in [0, 0.1) is 6.92 Å². The average molecular weight is 153 g/mol. The van der Waals surface area contributed by atoms with Crippen molar-refractivity contribution in [3.63, 3.8) is 0 Å². The molecule has 0 unspecified atom stereocenters. The van der Waals surface area contributed by atoms with Crippen molar-refractivity contribution >= 4 is 9.03 Å². The van der Waals surface area contributed by atoms with Crippen LogP contribution < -0.4 is 9.05 Å². The summed E-state index contributed by atoms with van der Waals surface area (Å²) in [5.41, 5.74) is 1.19. The molecule has 0 aliphatic carbocycles. The Hall–Kier alpha value is -0.750. The average Bonchev–Trinajstić information content (AvgIpc) is 2.33. The van der Waals surface area contributed by atoms with Gasteiger partial charge in [0, 0.05) is 0 Å². The predicted molar refractivity (Wildman–Crippen MR) is 39.4 cm³/mol. The zero-order valence-electron chi connectivity index (χ0n) is 5.50. The Kier molecular flexibility index (Phi) is 1.28. The maximum Gasteiger partial charge on any atom is 0.405 e. The molecule has 1 aliphatic rings. The molecule has 51 valence electrons. The first-order valence-electron chi connectivity index (χ1n) is 3.01. The first kappa shape index (κ1) is 5.99. The van der Waals surface area contributed by atoms with Gasteiger partial charge in [-0.3, -0.25) is 0 Å². The summed E-state index contributed by atoms with van der Waals surface area (Å²) in [4.78, 5) is 0. The second-order valence-electron chi connectivity index (χ2n) is 2.21. The first-order valence-corrected chi connectivity index (χ1v) is 3.74. The Balaban J connectivity index is 2.52. The Labute approximate surface area is 61.1 Å². The minimum atomic E-state index is 0.577. The lowest BCUT2D eigenvalue weighted by molar-refractivity contribution is 0.603. The van der Waals surface area contributed by atoms with Gasteiger partial charge in [0.15, 0.2) is 11.5 Å². The zero-order chi connectivity index (χ0) is 6.97. The molecule has 0 saturated carbocycles. The molecule has 0 saturated heterocycles.